The summed E-state index contributed by atoms with van der Waals surface area (Å²) < 4.78 is 11.2. The number of amides is 2. The van der Waals surface area contributed by atoms with Crippen LogP contribution in [0.2, 0.25) is 0 Å². The van der Waals surface area contributed by atoms with Gasteiger partial charge in [-0.3, -0.25) is 9.59 Å². The third-order valence-corrected chi connectivity index (χ3v) is 6.96. The van der Waals surface area contributed by atoms with Crippen molar-refractivity contribution in [3.05, 3.63) is 108 Å². The summed E-state index contributed by atoms with van der Waals surface area (Å²) in [5, 5.41) is 9.32. The van der Waals surface area contributed by atoms with Gasteiger partial charge in [-0.1, -0.05) is 66.7 Å². The van der Waals surface area contributed by atoms with E-state index in [0.29, 0.717) is 31.6 Å². The quantitative estimate of drug-likeness (QED) is 0.205. The Balaban J connectivity index is 1.21. The van der Waals surface area contributed by atoms with E-state index in [1.807, 2.05) is 91.1 Å². The number of hydrogen-bond donors (Lipinski definition) is 3. The van der Waals surface area contributed by atoms with E-state index in [9.17, 15) is 9.59 Å². The van der Waals surface area contributed by atoms with E-state index in [0.717, 1.165) is 38.6 Å². The summed E-state index contributed by atoms with van der Waals surface area (Å²) in [6, 6.07) is 29.2. The van der Waals surface area contributed by atoms with E-state index >= 15 is 0 Å². The van der Waals surface area contributed by atoms with Crippen LogP contribution in [0.4, 0.5) is 0 Å². The lowest BCUT2D eigenvalue weighted by atomic mass is 10.0. The van der Waals surface area contributed by atoms with E-state index < -0.39 is 0 Å². The second kappa shape index (κ2) is 12.8. The molecule has 204 valence electrons. The summed E-state index contributed by atoms with van der Waals surface area (Å²) in [7, 11) is 1.63. The normalized spacial score (nSPS) is 11.7. The molecule has 1 heterocycles. The van der Waals surface area contributed by atoms with Crippen LogP contribution in [0.3, 0.4) is 0 Å². The van der Waals surface area contributed by atoms with Gasteiger partial charge in [0.2, 0.25) is 5.91 Å². The van der Waals surface area contributed by atoms with Crippen molar-refractivity contribution < 1.29 is 19.1 Å². The lowest BCUT2D eigenvalue weighted by Gasteiger charge is -2.20. The number of fused-ring (bicyclic) bond motifs is 2. The van der Waals surface area contributed by atoms with Gasteiger partial charge in [0.1, 0.15) is 11.5 Å². The third-order valence-electron chi connectivity index (χ3n) is 6.96. The van der Waals surface area contributed by atoms with Crippen molar-refractivity contribution in [2.45, 2.75) is 25.3 Å². The number of aromatic nitrogens is 1. The predicted molar refractivity (Wildman–Crippen MR) is 158 cm³/mol. The molecule has 0 saturated carbocycles. The molecule has 5 aromatic rings. The monoisotopic (exact) mass is 535 g/mol. The van der Waals surface area contributed by atoms with Gasteiger partial charge < -0.3 is 25.1 Å². The van der Waals surface area contributed by atoms with Gasteiger partial charge in [0, 0.05) is 30.1 Å². The highest BCUT2D eigenvalue weighted by Crippen LogP contribution is 2.22. The molecule has 0 aliphatic carbocycles. The van der Waals surface area contributed by atoms with E-state index in [-0.39, 0.29) is 24.5 Å². The average Bonchev–Trinajstić information content (AvgIpc) is 3.40. The van der Waals surface area contributed by atoms with Crippen LogP contribution in [0, 0.1) is 0 Å². The zero-order chi connectivity index (χ0) is 27.7. The van der Waals surface area contributed by atoms with Gasteiger partial charge in [0.25, 0.3) is 5.91 Å². The number of benzene rings is 4. The molecular weight excluding hydrogens is 502 g/mol. The number of rotatable bonds is 12. The van der Waals surface area contributed by atoms with Crippen LogP contribution >= 0.6 is 0 Å². The SMILES string of the molecule is COc1ccccc1CCC(=O)NC[C@@H](Cc1c[nH]c2ccccc12)NC(=O)COc1ccc2ccccc2c1. The van der Waals surface area contributed by atoms with Crippen LogP contribution in [0.1, 0.15) is 17.5 Å². The van der Waals surface area contributed by atoms with Crippen LogP contribution in [-0.2, 0) is 22.4 Å². The zero-order valence-corrected chi connectivity index (χ0v) is 22.5. The number of aryl methyl sites for hydroxylation is 1. The minimum Gasteiger partial charge on any atom is -0.496 e. The average molecular weight is 536 g/mol. The van der Waals surface area contributed by atoms with Gasteiger partial charge in [-0.25, -0.2) is 0 Å². The van der Waals surface area contributed by atoms with Crippen molar-refractivity contribution in [1.29, 1.82) is 0 Å². The molecule has 0 fully saturated rings. The van der Waals surface area contributed by atoms with Crippen LogP contribution in [0.25, 0.3) is 21.7 Å². The minimum absolute atomic E-state index is 0.0866. The molecule has 2 amide bonds. The summed E-state index contributed by atoms with van der Waals surface area (Å²) in [5.74, 6) is 1.07. The first-order valence-corrected chi connectivity index (χ1v) is 13.4. The fraction of sp³-hybridized carbons (Fsp3) is 0.212. The van der Waals surface area contributed by atoms with E-state index in [4.69, 9.17) is 9.47 Å². The molecule has 4 aromatic carbocycles. The Labute approximate surface area is 233 Å². The maximum atomic E-state index is 12.9. The first-order valence-electron chi connectivity index (χ1n) is 13.4. The Morgan fingerprint density at radius 1 is 0.850 bits per heavy atom. The molecule has 1 atom stereocenters. The molecule has 0 aliphatic heterocycles. The first-order chi connectivity index (χ1) is 19.6. The number of carbonyl (C=O) groups is 2. The fourth-order valence-electron chi connectivity index (χ4n) is 4.90. The number of carbonyl (C=O) groups excluding carboxylic acids is 2. The number of aromatic amines is 1. The first kappa shape index (κ1) is 26.8. The molecule has 0 spiro atoms. The number of H-pyrrole nitrogens is 1. The van der Waals surface area contributed by atoms with Crippen molar-refractivity contribution in [2.24, 2.45) is 0 Å². The number of methoxy groups -OCH3 is 1. The predicted octanol–water partition coefficient (Wildman–Crippen LogP) is 5.19. The fourth-order valence-corrected chi connectivity index (χ4v) is 4.90. The molecule has 0 unspecified atom stereocenters. The van der Waals surface area contributed by atoms with Crippen molar-refractivity contribution in [3.8, 4) is 11.5 Å². The van der Waals surface area contributed by atoms with Crippen molar-refractivity contribution >= 4 is 33.5 Å². The van der Waals surface area contributed by atoms with E-state index in [1.54, 1.807) is 7.11 Å². The molecule has 0 bridgehead atoms. The largest absolute Gasteiger partial charge is 0.496 e. The molecule has 7 heteroatoms. The second-order valence-electron chi connectivity index (χ2n) is 9.74. The highest BCUT2D eigenvalue weighted by Gasteiger charge is 2.17. The molecule has 40 heavy (non-hydrogen) atoms. The lowest BCUT2D eigenvalue weighted by Crippen LogP contribution is -2.46. The van der Waals surface area contributed by atoms with Crippen molar-refractivity contribution in [3.63, 3.8) is 0 Å². The topological polar surface area (TPSA) is 92.5 Å². The van der Waals surface area contributed by atoms with E-state index in [1.165, 1.54) is 0 Å². The smallest absolute Gasteiger partial charge is 0.258 e. The van der Waals surface area contributed by atoms with Gasteiger partial charge in [-0.05, 0) is 59.0 Å². The maximum Gasteiger partial charge on any atom is 0.258 e. The Bertz CT molecular complexity index is 1610. The molecule has 5 rings (SSSR count). The summed E-state index contributed by atoms with van der Waals surface area (Å²) in [6.45, 7) is 0.177. The van der Waals surface area contributed by atoms with Gasteiger partial charge in [-0.2, -0.15) is 0 Å². The third kappa shape index (κ3) is 6.80. The molecule has 0 saturated heterocycles. The molecule has 7 nitrogen and oxygen atoms in total. The minimum atomic E-state index is -0.317. The summed E-state index contributed by atoms with van der Waals surface area (Å²) in [6.07, 6.45) is 3.39. The number of hydrogen-bond acceptors (Lipinski definition) is 4. The molecular formula is C33H33N3O4. The highest BCUT2D eigenvalue weighted by molar-refractivity contribution is 5.85. The second-order valence-corrected chi connectivity index (χ2v) is 9.74. The summed E-state index contributed by atoms with van der Waals surface area (Å²) in [4.78, 5) is 29.0. The Kier molecular flexibility index (Phi) is 8.61. The highest BCUT2D eigenvalue weighted by atomic mass is 16.5. The molecule has 3 N–H and O–H groups in total. The van der Waals surface area contributed by atoms with Gasteiger partial charge in [0.05, 0.1) is 13.2 Å². The molecule has 1 aromatic heterocycles. The van der Waals surface area contributed by atoms with Crippen molar-refractivity contribution in [2.75, 3.05) is 20.3 Å². The van der Waals surface area contributed by atoms with Crippen LogP contribution in [0.5, 0.6) is 11.5 Å². The summed E-state index contributed by atoms with van der Waals surface area (Å²) in [5.41, 5.74) is 3.08. The zero-order valence-electron chi connectivity index (χ0n) is 22.5. The van der Waals surface area contributed by atoms with Crippen LogP contribution < -0.4 is 20.1 Å². The van der Waals surface area contributed by atoms with E-state index in [2.05, 4.69) is 21.7 Å². The Morgan fingerprint density at radius 3 is 2.50 bits per heavy atom. The number of para-hydroxylation sites is 2. The Morgan fingerprint density at radius 2 is 1.62 bits per heavy atom. The molecule has 0 radical (unpaired) electrons. The van der Waals surface area contributed by atoms with Gasteiger partial charge in [0.15, 0.2) is 6.61 Å². The number of nitrogens with one attached hydrogen (secondary N) is 3. The van der Waals surface area contributed by atoms with Gasteiger partial charge >= 0.3 is 0 Å². The van der Waals surface area contributed by atoms with Crippen molar-refractivity contribution in [1.82, 2.24) is 15.6 Å². The maximum absolute atomic E-state index is 12.9. The molecule has 0 aliphatic rings. The Hall–Kier alpha value is -4.78. The lowest BCUT2D eigenvalue weighted by molar-refractivity contribution is -0.125. The standard InChI is InChI=1S/C33H33N3O4/c1-39-31-13-7-4-9-24(31)15-17-32(37)35-21-27(18-26-20-34-30-12-6-5-11-29(26)30)36-33(38)22-40-28-16-14-23-8-2-3-10-25(23)19-28/h2-14,16,19-20,27,34H,15,17-18,21-22H2,1H3,(H,35,37)(H,36,38)/t27-/m1/s1. The van der Waals surface area contributed by atoms with Gasteiger partial charge in [-0.15, -0.1) is 0 Å². The number of ether oxygens (including phenoxy) is 2. The van der Waals surface area contributed by atoms with Crippen LogP contribution in [-0.4, -0.2) is 43.1 Å². The summed E-state index contributed by atoms with van der Waals surface area (Å²) >= 11 is 0. The van der Waals surface area contributed by atoms with Crippen LogP contribution in [0.15, 0.2) is 97.2 Å².